The van der Waals surface area contributed by atoms with Crippen LogP contribution in [-0.4, -0.2) is 16.9 Å². The molecule has 1 aromatic rings. The number of nitrogens with one attached hydrogen (secondary N) is 1. The Hall–Kier alpha value is -1.20. The first-order chi connectivity index (χ1) is 7.91. The van der Waals surface area contributed by atoms with Crippen LogP contribution in [0.3, 0.4) is 0 Å². The molecule has 0 aromatic heterocycles. The highest BCUT2D eigenvalue weighted by atomic mass is 35.5. The van der Waals surface area contributed by atoms with Crippen LogP contribution < -0.4 is 11.1 Å². The smallest absolute Gasteiger partial charge is 0.225 e. The summed E-state index contributed by atoms with van der Waals surface area (Å²) >= 11 is 10.5. The molecule has 0 aliphatic rings. The van der Waals surface area contributed by atoms with Crippen LogP contribution in [0.15, 0.2) is 18.2 Å². The Morgan fingerprint density at radius 2 is 2.29 bits per heavy atom. The normalized spacial score (nSPS) is 11.9. The molecule has 1 rings (SSSR count). The number of thiocarbonyl (C=S) groups is 1. The maximum Gasteiger partial charge on any atom is 0.225 e. The van der Waals surface area contributed by atoms with Gasteiger partial charge in [0, 0.05) is 10.6 Å². The fraction of sp³-hybridized carbons (Fsp3) is 0.273. The van der Waals surface area contributed by atoms with Gasteiger partial charge in [0.25, 0.3) is 0 Å². The van der Waals surface area contributed by atoms with Crippen LogP contribution in [-0.2, 0) is 11.2 Å². The average molecular weight is 275 g/mol. The number of nitrogens with two attached hydrogens (primary N) is 1. The highest BCUT2D eigenvalue weighted by Crippen LogP contribution is 2.19. The standard InChI is InChI=1S/C11H12ClFN2OS/c1-6(11(14)17)15-10(16)5-7-8(12)3-2-4-9(7)13/h2-4,6H,5H2,1H3,(H2,14,17)(H,15,16). The van der Waals surface area contributed by atoms with Gasteiger partial charge in [0.2, 0.25) is 5.91 Å². The number of carbonyl (C=O) groups is 1. The van der Waals surface area contributed by atoms with E-state index in [2.05, 4.69) is 5.32 Å². The molecule has 0 saturated carbocycles. The molecule has 17 heavy (non-hydrogen) atoms. The highest BCUT2D eigenvalue weighted by Gasteiger charge is 2.14. The maximum atomic E-state index is 13.4. The van der Waals surface area contributed by atoms with E-state index in [1.165, 1.54) is 18.2 Å². The lowest BCUT2D eigenvalue weighted by molar-refractivity contribution is -0.120. The Balaban J connectivity index is 2.72. The first-order valence-electron chi connectivity index (χ1n) is 4.93. The monoisotopic (exact) mass is 274 g/mol. The lowest BCUT2D eigenvalue weighted by atomic mass is 10.1. The molecule has 0 aliphatic carbocycles. The molecule has 1 unspecified atom stereocenters. The van der Waals surface area contributed by atoms with Crippen LogP contribution in [0, 0.1) is 5.82 Å². The zero-order chi connectivity index (χ0) is 13.0. The fourth-order valence-corrected chi connectivity index (χ4v) is 1.51. The number of benzene rings is 1. The molecule has 3 nitrogen and oxygen atoms in total. The Morgan fingerprint density at radius 1 is 1.65 bits per heavy atom. The fourth-order valence-electron chi connectivity index (χ4n) is 1.23. The van der Waals surface area contributed by atoms with Crippen molar-refractivity contribution < 1.29 is 9.18 Å². The van der Waals surface area contributed by atoms with E-state index >= 15 is 0 Å². The van der Waals surface area contributed by atoms with Crippen molar-refractivity contribution in [2.45, 2.75) is 19.4 Å². The summed E-state index contributed by atoms with van der Waals surface area (Å²) in [6.45, 7) is 1.66. The summed E-state index contributed by atoms with van der Waals surface area (Å²) < 4.78 is 13.4. The van der Waals surface area contributed by atoms with Crippen LogP contribution in [0.2, 0.25) is 5.02 Å². The van der Waals surface area contributed by atoms with Crippen molar-refractivity contribution in [1.29, 1.82) is 0 Å². The second kappa shape index (κ2) is 5.93. The summed E-state index contributed by atoms with van der Waals surface area (Å²) in [6, 6.07) is 3.84. The van der Waals surface area contributed by atoms with Gasteiger partial charge >= 0.3 is 0 Å². The third kappa shape index (κ3) is 3.94. The molecule has 0 spiro atoms. The molecule has 0 bridgehead atoms. The molecule has 6 heteroatoms. The number of hydrogen-bond acceptors (Lipinski definition) is 2. The molecule has 1 atom stereocenters. The molecule has 3 N–H and O–H groups in total. The Kier molecular flexibility index (Phi) is 4.84. The van der Waals surface area contributed by atoms with Crippen LogP contribution >= 0.6 is 23.8 Å². The summed E-state index contributed by atoms with van der Waals surface area (Å²) in [5, 5.41) is 2.78. The first-order valence-corrected chi connectivity index (χ1v) is 5.72. The van der Waals surface area contributed by atoms with Gasteiger partial charge < -0.3 is 11.1 Å². The van der Waals surface area contributed by atoms with E-state index in [0.29, 0.717) is 0 Å². The number of amides is 1. The van der Waals surface area contributed by atoms with E-state index in [-0.39, 0.29) is 27.9 Å². The molecular weight excluding hydrogens is 263 g/mol. The van der Waals surface area contributed by atoms with E-state index in [4.69, 9.17) is 29.6 Å². The molecular formula is C11H12ClFN2OS. The van der Waals surface area contributed by atoms with Crippen LogP contribution in [0.5, 0.6) is 0 Å². The molecule has 0 aliphatic heterocycles. The van der Waals surface area contributed by atoms with Crippen molar-refractivity contribution in [1.82, 2.24) is 5.32 Å². The van der Waals surface area contributed by atoms with Crippen LogP contribution in [0.1, 0.15) is 12.5 Å². The molecule has 0 saturated heterocycles. The van der Waals surface area contributed by atoms with Crippen molar-refractivity contribution in [3.63, 3.8) is 0 Å². The van der Waals surface area contributed by atoms with E-state index in [1.54, 1.807) is 6.92 Å². The van der Waals surface area contributed by atoms with Gasteiger partial charge in [-0.1, -0.05) is 29.9 Å². The lowest BCUT2D eigenvalue weighted by Gasteiger charge is -2.12. The third-order valence-corrected chi connectivity index (χ3v) is 2.91. The zero-order valence-corrected chi connectivity index (χ0v) is 10.7. The minimum absolute atomic E-state index is 0.140. The van der Waals surface area contributed by atoms with E-state index in [0.717, 1.165) is 0 Å². The van der Waals surface area contributed by atoms with E-state index in [9.17, 15) is 9.18 Å². The zero-order valence-electron chi connectivity index (χ0n) is 9.17. The Bertz CT molecular complexity index is 433. The molecule has 0 radical (unpaired) electrons. The van der Waals surface area contributed by atoms with Crippen molar-refractivity contribution in [3.05, 3.63) is 34.6 Å². The van der Waals surface area contributed by atoms with Gasteiger partial charge in [0.15, 0.2) is 0 Å². The number of hydrogen-bond donors (Lipinski definition) is 2. The van der Waals surface area contributed by atoms with Crippen LogP contribution in [0.4, 0.5) is 4.39 Å². The third-order valence-electron chi connectivity index (χ3n) is 2.20. The summed E-state index contributed by atoms with van der Waals surface area (Å²) in [7, 11) is 0. The van der Waals surface area contributed by atoms with Gasteiger partial charge in [0.1, 0.15) is 5.82 Å². The van der Waals surface area contributed by atoms with E-state index in [1.807, 2.05) is 0 Å². The van der Waals surface area contributed by atoms with E-state index < -0.39 is 11.9 Å². The Morgan fingerprint density at radius 3 is 2.82 bits per heavy atom. The van der Waals surface area contributed by atoms with Crippen molar-refractivity contribution >= 4 is 34.7 Å². The Labute approximate surface area is 109 Å². The minimum atomic E-state index is -0.504. The van der Waals surface area contributed by atoms with Crippen molar-refractivity contribution in [2.24, 2.45) is 5.73 Å². The van der Waals surface area contributed by atoms with Crippen LogP contribution in [0.25, 0.3) is 0 Å². The van der Waals surface area contributed by atoms with Gasteiger partial charge in [-0.3, -0.25) is 4.79 Å². The van der Waals surface area contributed by atoms with Crippen molar-refractivity contribution in [3.8, 4) is 0 Å². The van der Waals surface area contributed by atoms with Crippen molar-refractivity contribution in [2.75, 3.05) is 0 Å². The minimum Gasteiger partial charge on any atom is -0.392 e. The first kappa shape index (κ1) is 13.9. The topological polar surface area (TPSA) is 55.1 Å². The second-order valence-electron chi connectivity index (χ2n) is 3.57. The molecule has 1 aromatic carbocycles. The summed E-state index contributed by atoms with van der Waals surface area (Å²) in [4.78, 5) is 11.8. The van der Waals surface area contributed by atoms with Gasteiger partial charge in [-0.15, -0.1) is 0 Å². The summed E-state index contributed by atoms with van der Waals surface area (Å²) in [5.41, 5.74) is 5.52. The van der Waals surface area contributed by atoms with Gasteiger partial charge in [-0.25, -0.2) is 4.39 Å². The molecule has 1 amide bonds. The second-order valence-corrected chi connectivity index (χ2v) is 4.45. The van der Waals surface area contributed by atoms with Gasteiger partial charge in [-0.05, 0) is 19.1 Å². The SMILES string of the molecule is CC(NC(=O)Cc1c(F)cccc1Cl)C(N)=S. The number of carbonyl (C=O) groups excluding carboxylic acids is 1. The maximum absolute atomic E-state index is 13.4. The molecule has 0 heterocycles. The predicted octanol–water partition coefficient (Wildman–Crippen LogP) is 1.81. The number of halogens is 2. The quantitative estimate of drug-likeness (QED) is 0.824. The highest BCUT2D eigenvalue weighted by molar-refractivity contribution is 7.80. The molecule has 0 fully saturated rings. The summed E-state index contributed by atoms with van der Waals surface area (Å²) in [5.74, 6) is -0.882. The summed E-state index contributed by atoms with van der Waals surface area (Å²) in [6.07, 6.45) is -0.140. The lowest BCUT2D eigenvalue weighted by Crippen LogP contribution is -2.41. The van der Waals surface area contributed by atoms with Gasteiger partial charge in [0.05, 0.1) is 17.5 Å². The average Bonchev–Trinajstić information content (AvgIpc) is 2.23. The van der Waals surface area contributed by atoms with Gasteiger partial charge in [-0.2, -0.15) is 0 Å². The number of rotatable bonds is 4. The largest absolute Gasteiger partial charge is 0.392 e. The molecule has 92 valence electrons. The predicted molar refractivity (Wildman–Crippen MR) is 69.5 cm³/mol.